The van der Waals surface area contributed by atoms with Gasteiger partial charge in [0.25, 0.3) is 5.91 Å². The number of carbonyl (C=O) groups excluding carboxylic acids is 1. The van der Waals surface area contributed by atoms with Crippen LogP contribution in [0.5, 0.6) is 0 Å². The van der Waals surface area contributed by atoms with Crippen LogP contribution in [0.1, 0.15) is 33.6 Å². The fraction of sp³-hybridized carbons (Fsp3) is 0.333. The first-order valence-corrected chi connectivity index (χ1v) is 6.61. The number of aromatic nitrogens is 2. The summed E-state index contributed by atoms with van der Waals surface area (Å²) in [7, 11) is 0. The second kappa shape index (κ2) is 6.32. The second-order valence-electron chi connectivity index (χ2n) is 4.84. The lowest BCUT2D eigenvalue weighted by atomic mass is 10.1. The first-order chi connectivity index (χ1) is 9.58. The molecule has 106 valence electrons. The predicted molar refractivity (Wildman–Crippen MR) is 75.1 cm³/mol. The Morgan fingerprint density at radius 1 is 1.40 bits per heavy atom. The molecule has 1 amide bonds. The topological polar surface area (TPSA) is 57.8 Å². The van der Waals surface area contributed by atoms with E-state index >= 15 is 0 Å². The van der Waals surface area contributed by atoms with E-state index in [1.54, 1.807) is 13.1 Å². The lowest BCUT2D eigenvalue weighted by Gasteiger charge is -2.07. The molecule has 0 unspecified atom stereocenters. The van der Waals surface area contributed by atoms with Crippen molar-refractivity contribution in [1.82, 2.24) is 15.5 Å². The third kappa shape index (κ3) is 3.44. The maximum atomic E-state index is 13.0. The van der Waals surface area contributed by atoms with Gasteiger partial charge in [0.1, 0.15) is 5.82 Å². The van der Waals surface area contributed by atoms with Crippen LogP contribution < -0.4 is 5.32 Å². The molecular formula is C15H18FN3O. The molecule has 0 fully saturated rings. The standard InChI is InChI=1S/C15H18FN3O/c1-10-8-13(16)5-6-14(10)15(20)17-7-3-4-12-9-18-19-11(12)2/h5-6,8-9H,3-4,7H2,1-2H3,(H,17,20)(H,18,19). The number of aryl methyl sites for hydroxylation is 3. The molecule has 0 atom stereocenters. The van der Waals surface area contributed by atoms with E-state index in [1.807, 2.05) is 6.92 Å². The molecule has 4 nitrogen and oxygen atoms in total. The molecule has 20 heavy (non-hydrogen) atoms. The summed E-state index contributed by atoms with van der Waals surface area (Å²) in [6.07, 6.45) is 3.51. The number of halogens is 1. The molecule has 1 aromatic carbocycles. The number of amides is 1. The summed E-state index contributed by atoms with van der Waals surface area (Å²) < 4.78 is 13.0. The normalized spacial score (nSPS) is 10.6. The summed E-state index contributed by atoms with van der Waals surface area (Å²) in [6.45, 7) is 4.29. The number of nitrogens with zero attached hydrogens (tertiary/aromatic N) is 1. The van der Waals surface area contributed by atoms with Gasteiger partial charge in [0.05, 0.1) is 6.20 Å². The third-order valence-corrected chi connectivity index (χ3v) is 3.28. The van der Waals surface area contributed by atoms with Crippen LogP contribution >= 0.6 is 0 Å². The van der Waals surface area contributed by atoms with E-state index in [9.17, 15) is 9.18 Å². The molecule has 0 aliphatic heterocycles. The molecule has 0 radical (unpaired) electrons. The van der Waals surface area contributed by atoms with Crippen LogP contribution in [0.3, 0.4) is 0 Å². The summed E-state index contributed by atoms with van der Waals surface area (Å²) in [5, 5.41) is 9.69. The lowest BCUT2D eigenvalue weighted by molar-refractivity contribution is 0.0952. The number of hydrogen-bond donors (Lipinski definition) is 2. The Morgan fingerprint density at radius 3 is 2.85 bits per heavy atom. The first kappa shape index (κ1) is 14.2. The van der Waals surface area contributed by atoms with Gasteiger partial charge in [0.2, 0.25) is 0 Å². The van der Waals surface area contributed by atoms with Crippen molar-refractivity contribution in [3.8, 4) is 0 Å². The van der Waals surface area contributed by atoms with E-state index < -0.39 is 0 Å². The maximum Gasteiger partial charge on any atom is 0.251 e. The van der Waals surface area contributed by atoms with Crippen LogP contribution in [-0.4, -0.2) is 22.6 Å². The number of nitrogens with one attached hydrogen (secondary N) is 2. The number of H-pyrrole nitrogens is 1. The lowest BCUT2D eigenvalue weighted by Crippen LogP contribution is -2.25. The Bertz CT molecular complexity index is 607. The SMILES string of the molecule is Cc1cc(F)ccc1C(=O)NCCCc1cn[nH]c1C. The molecule has 2 aromatic rings. The van der Waals surface area contributed by atoms with E-state index in [1.165, 1.54) is 18.2 Å². The van der Waals surface area contributed by atoms with E-state index in [0.717, 1.165) is 24.1 Å². The maximum absolute atomic E-state index is 13.0. The Balaban J connectivity index is 1.82. The third-order valence-electron chi connectivity index (χ3n) is 3.28. The zero-order valence-electron chi connectivity index (χ0n) is 11.7. The van der Waals surface area contributed by atoms with Crippen molar-refractivity contribution in [3.05, 3.63) is 52.6 Å². The highest BCUT2D eigenvalue weighted by atomic mass is 19.1. The Kier molecular flexibility index (Phi) is 4.50. The minimum absolute atomic E-state index is 0.161. The smallest absolute Gasteiger partial charge is 0.251 e. The summed E-state index contributed by atoms with van der Waals surface area (Å²) in [5.74, 6) is -0.485. The van der Waals surface area contributed by atoms with Crippen molar-refractivity contribution in [2.75, 3.05) is 6.54 Å². The van der Waals surface area contributed by atoms with Gasteiger partial charge in [-0.1, -0.05) is 0 Å². The largest absolute Gasteiger partial charge is 0.352 e. The summed E-state index contributed by atoms with van der Waals surface area (Å²) >= 11 is 0. The molecule has 0 bridgehead atoms. The highest BCUT2D eigenvalue weighted by molar-refractivity contribution is 5.95. The summed E-state index contributed by atoms with van der Waals surface area (Å²) in [6, 6.07) is 4.18. The van der Waals surface area contributed by atoms with Crippen LogP contribution in [0, 0.1) is 19.7 Å². The highest BCUT2D eigenvalue weighted by Crippen LogP contribution is 2.10. The first-order valence-electron chi connectivity index (χ1n) is 6.61. The molecule has 1 aromatic heterocycles. The molecule has 0 saturated heterocycles. The van der Waals surface area contributed by atoms with Gasteiger partial charge >= 0.3 is 0 Å². The minimum Gasteiger partial charge on any atom is -0.352 e. The van der Waals surface area contributed by atoms with Gasteiger partial charge in [-0.2, -0.15) is 5.10 Å². The highest BCUT2D eigenvalue weighted by Gasteiger charge is 2.09. The quantitative estimate of drug-likeness (QED) is 0.824. The molecule has 2 rings (SSSR count). The Morgan fingerprint density at radius 2 is 2.20 bits per heavy atom. The monoisotopic (exact) mass is 275 g/mol. The van der Waals surface area contributed by atoms with Crippen molar-refractivity contribution in [2.24, 2.45) is 0 Å². The van der Waals surface area contributed by atoms with E-state index in [-0.39, 0.29) is 11.7 Å². The fourth-order valence-corrected chi connectivity index (χ4v) is 2.09. The average Bonchev–Trinajstić information content (AvgIpc) is 2.80. The molecule has 1 heterocycles. The molecule has 0 aliphatic rings. The number of benzene rings is 1. The van der Waals surface area contributed by atoms with Gasteiger partial charge in [0.15, 0.2) is 0 Å². The summed E-state index contributed by atoms with van der Waals surface area (Å²) in [5.41, 5.74) is 3.39. The van der Waals surface area contributed by atoms with E-state index in [4.69, 9.17) is 0 Å². The summed E-state index contributed by atoms with van der Waals surface area (Å²) in [4.78, 5) is 12.0. The van der Waals surface area contributed by atoms with Gasteiger partial charge in [-0.25, -0.2) is 4.39 Å². The van der Waals surface area contributed by atoms with Crippen LogP contribution in [0.15, 0.2) is 24.4 Å². The minimum atomic E-state index is -0.325. The van der Waals surface area contributed by atoms with Gasteiger partial charge < -0.3 is 5.32 Å². The van der Waals surface area contributed by atoms with Gasteiger partial charge in [-0.05, 0) is 56.0 Å². The predicted octanol–water partition coefficient (Wildman–Crippen LogP) is 2.53. The zero-order valence-corrected chi connectivity index (χ0v) is 11.7. The molecule has 2 N–H and O–H groups in total. The fourth-order valence-electron chi connectivity index (χ4n) is 2.09. The van der Waals surface area contributed by atoms with Crippen molar-refractivity contribution in [2.45, 2.75) is 26.7 Å². The van der Waals surface area contributed by atoms with Crippen LogP contribution in [0.2, 0.25) is 0 Å². The van der Waals surface area contributed by atoms with Gasteiger partial charge in [-0.3, -0.25) is 9.89 Å². The van der Waals surface area contributed by atoms with Crippen molar-refractivity contribution < 1.29 is 9.18 Å². The van der Waals surface area contributed by atoms with Crippen molar-refractivity contribution in [3.63, 3.8) is 0 Å². The molecule has 0 aliphatic carbocycles. The molecule has 0 saturated carbocycles. The van der Waals surface area contributed by atoms with Gasteiger partial charge in [-0.15, -0.1) is 0 Å². The number of aromatic amines is 1. The average molecular weight is 275 g/mol. The Hall–Kier alpha value is -2.17. The van der Waals surface area contributed by atoms with Crippen molar-refractivity contribution in [1.29, 1.82) is 0 Å². The molecule has 5 heteroatoms. The molecular weight excluding hydrogens is 257 g/mol. The van der Waals surface area contributed by atoms with Crippen molar-refractivity contribution >= 4 is 5.91 Å². The zero-order chi connectivity index (χ0) is 14.5. The van der Waals surface area contributed by atoms with Crippen LogP contribution in [0.25, 0.3) is 0 Å². The van der Waals surface area contributed by atoms with Crippen LogP contribution in [0.4, 0.5) is 4.39 Å². The second-order valence-corrected chi connectivity index (χ2v) is 4.84. The van der Waals surface area contributed by atoms with Gasteiger partial charge in [0, 0.05) is 17.8 Å². The number of carbonyl (C=O) groups is 1. The number of hydrogen-bond acceptors (Lipinski definition) is 2. The number of rotatable bonds is 5. The molecule has 0 spiro atoms. The van der Waals surface area contributed by atoms with E-state index in [0.29, 0.717) is 17.7 Å². The van der Waals surface area contributed by atoms with E-state index in [2.05, 4.69) is 15.5 Å². The van der Waals surface area contributed by atoms with Crippen LogP contribution in [-0.2, 0) is 6.42 Å². The Labute approximate surface area is 117 Å².